The number of unbranched alkanes of at least 4 members (excludes halogenated alkanes) is 2. The van der Waals surface area contributed by atoms with Crippen molar-refractivity contribution in [2.75, 3.05) is 25.0 Å². The molecule has 8 heteroatoms. The molecule has 2 N–H and O–H groups in total. The molecule has 4 aromatic rings. The lowest BCUT2D eigenvalue weighted by atomic mass is 10.1. The van der Waals surface area contributed by atoms with Crippen LogP contribution in [-0.4, -0.2) is 34.9 Å². The molecule has 0 aliphatic carbocycles. The van der Waals surface area contributed by atoms with Gasteiger partial charge in [0.2, 0.25) is 11.1 Å². The van der Waals surface area contributed by atoms with Gasteiger partial charge in [0.15, 0.2) is 0 Å². The van der Waals surface area contributed by atoms with Gasteiger partial charge in [-0.05, 0) is 74.9 Å². The summed E-state index contributed by atoms with van der Waals surface area (Å²) in [5.74, 6) is 2.87. The summed E-state index contributed by atoms with van der Waals surface area (Å²) in [5, 5.41) is 2.09. The van der Waals surface area contributed by atoms with Gasteiger partial charge in [-0.15, -0.1) is 23.2 Å². The quantitative estimate of drug-likeness (QED) is 0.182. The minimum Gasteiger partial charge on any atom is -0.494 e. The van der Waals surface area contributed by atoms with Crippen LogP contribution in [0.25, 0.3) is 21.8 Å². The molecule has 2 aromatic carbocycles. The zero-order valence-corrected chi connectivity index (χ0v) is 22.2. The van der Waals surface area contributed by atoms with E-state index >= 15 is 0 Å². The second-order valence-corrected chi connectivity index (χ2v) is 9.29. The Kier molecular flexibility index (Phi) is 10.7. The topological polar surface area (TPSA) is 84.2 Å². The molecule has 36 heavy (non-hydrogen) atoms. The van der Waals surface area contributed by atoms with Crippen LogP contribution in [0, 0.1) is 13.8 Å². The third-order valence-electron chi connectivity index (χ3n) is 5.64. The van der Waals surface area contributed by atoms with Crippen molar-refractivity contribution in [2.24, 2.45) is 0 Å². The van der Waals surface area contributed by atoms with Crippen LogP contribution in [0.1, 0.15) is 36.8 Å². The number of fused-ring (bicyclic) bond motifs is 2. The Labute approximate surface area is 220 Å². The van der Waals surface area contributed by atoms with Gasteiger partial charge >= 0.3 is 0 Å². The van der Waals surface area contributed by atoms with E-state index in [-0.39, 0.29) is 11.1 Å². The SMILES string of the molecule is Cc1cc(=O)[nH]c2cc(OCCCCCl)ccc12.Cc1cc(=O)[nH]c2cc(OCCCCCl)ccc12. The summed E-state index contributed by atoms with van der Waals surface area (Å²) < 4.78 is 11.2. The first-order valence-electron chi connectivity index (χ1n) is 12.1. The van der Waals surface area contributed by atoms with Crippen LogP contribution in [-0.2, 0) is 0 Å². The van der Waals surface area contributed by atoms with E-state index in [0.717, 1.165) is 70.1 Å². The Morgan fingerprint density at radius 2 is 1.06 bits per heavy atom. The Hall–Kier alpha value is -2.96. The fourth-order valence-corrected chi connectivity index (χ4v) is 4.16. The molecule has 0 fully saturated rings. The van der Waals surface area contributed by atoms with Crippen molar-refractivity contribution in [1.29, 1.82) is 0 Å². The molecular formula is C28H32Cl2N2O4. The monoisotopic (exact) mass is 530 g/mol. The van der Waals surface area contributed by atoms with Gasteiger partial charge in [-0.1, -0.05) is 0 Å². The lowest BCUT2D eigenvalue weighted by Crippen LogP contribution is -2.05. The van der Waals surface area contributed by atoms with Crippen LogP contribution < -0.4 is 20.6 Å². The number of ether oxygens (including phenoxy) is 2. The minimum atomic E-state index is -0.0840. The van der Waals surface area contributed by atoms with Crippen LogP contribution in [0.5, 0.6) is 11.5 Å². The van der Waals surface area contributed by atoms with E-state index in [2.05, 4.69) is 9.97 Å². The summed E-state index contributed by atoms with van der Waals surface area (Å²) in [7, 11) is 0. The number of nitrogens with one attached hydrogen (secondary N) is 2. The van der Waals surface area contributed by atoms with Gasteiger partial charge in [-0.3, -0.25) is 9.59 Å². The normalized spacial score (nSPS) is 10.8. The number of hydrogen-bond acceptors (Lipinski definition) is 4. The van der Waals surface area contributed by atoms with Crippen molar-refractivity contribution in [3.8, 4) is 11.5 Å². The van der Waals surface area contributed by atoms with E-state index < -0.39 is 0 Å². The first-order valence-corrected chi connectivity index (χ1v) is 13.1. The molecule has 0 bridgehead atoms. The highest BCUT2D eigenvalue weighted by Gasteiger charge is 2.03. The molecule has 6 nitrogen and oxygen atoms in total. The third kappa shape index (κ3) is 8.04. The van der Waals surface area contributed by atoms with Gasteiger partial charge in [0, 0.05) is 46.8 Å². The molecule has 0 aliphatic rings. The second kappa shape index (κ2) is 14.0. The number of rotatable bonds is 10. The van der Waals surface area contributed by atoms with E-state index in [0.29, 0.717) is 25.0 Å². The number of pyridine rings is 2. The number of aromatic nitrogens is 2. The first kappa shape index (κ1) is 27.6. The average Bonchev–Trinajstić information content (AvgIpc) is 2.84. The summed E-state index contributed by atoms with van der Waals surface area (Å²) in [6.45, 7) is 5.15. The third-order valence-corrected chi connectivity index (χ3v) is 6.17. The van der Waals surface area contributed by atoms with Crippen LogP contribution >= 0.6 is 23.2 Å². The van der Waals surface area contributed by atoms with Gasteiger partial charge in [-0.25, -0.2) is 0 Å². The summed E-state index contributed by atoms with van der Waals surface area (Å²) in [6, 6.07) is 14.7. The van der Waals surface area contributed by atoms with Gasteiger partial charge in [0.25, 0.3) is 0 Å². The van der Waals surface area contributed by atoms with Gasteiger partial charge in [0.05, 0.1) is 24.2 Å². The average molecular weight is 531 g/mol. The molecule has 2 heterocycles. The zero-order valence-electron chi connectivity index (χ0n) is 20.7. The first-order chi connectivity index (χ1) is 17.4. The van der Waals surface area contributed by atoms with Gasteiger partial charge in [0.1, 0.15) is 11.5 Å². The minimum absolute atomic E-state index is 0.0840. The second-order valence-electron chi connectivity index (χ2n) is 8.54. The largest absolute Gasteiger partial charge is 0.494 e. The van der Waals surface area contributed by atoms with Crippen molar-refractivity contribution in [3.05, 3.63) is 80.4 Å². The fourth-order valence-electron chi connectivity index (χ4n) is 3.78. The number of hydrogen-bond donors (Lipinski definition) is 2. The van der Waals surface area contributed by atoms with Gasteiger partial charge in [-0.2, -0.15) is 0 Å². The lowest BCUT2D eigenvalue weighted by Gasteiger charge is -2.07. The summed E-state index contributed by atoms with van der Waals surface area (Å²) in [6.07, 6.45) is 3.77. The smallest absolute Gasteiger partial charge is 0.248 e. The molecule has 0 spiro atoms. The zero-order chi connectivity index (χ0) is 25.9. The Bertz CT molecular complexity index is 1290. The maximum atomic E-state index is 11.4. The maximum Gasteiger partial charge on any atom is 0.248 e. The lowest BCUT2D eigenvalue weighted by molar-refractivity contribution is 0.310. The number of aryl methyl sites for hydroxylation is 2. The summed E-state index contributed by atoms with van der Waals surface area (Å²) in [4.78, 5) is 28.4. The van der Waals surface area contributed by atoms with Crippen molar-refractivity contribution in [3.63, 3.8) is 0 Å². The van der Waals surface area contributed by atoms with E-state index in [4.69, 9.17) is 32.7 Å². The molecule has 0 saturated carbocycles. The summed E-state index contributed by atoms with van der Waals surface area (Å²) >= 11 is 11.2. The highest BCUT2D eigenvalue weighted by Crippen LogP contribution is 2.22. The highest BCUT2D eigenvalue weighted by molar-refractivity contribution is 6.18. The molecule has 0 saturated heterocycles. The molecule has 0 amide bonds. The standard InChI is InChI=1S/2C14H16ClNO2/c2*1-10-8-14(17)16-13-9-11(4-5-12(10)13)18-7-3-2-6-15/h2*4-5,8-9H,2-3,6-7H2,1H3,(H,16,17). The predicted molar refractivity (Wildman–Crippen MR) is 150 cm³/mol. The Balaban J connectivity index is 0.000000201. The summed E-state index contributed by atoms with van der Waals surface area (Å²) in [5.41, 5.74) is 3.41. The van der Waals surface area contributed by atoms with Crippen LogP contribution in [0.4, 0.5) is 0 Å². The fraction of sp³-hybridized carbons (Fsp3) is 0.357. The van der Waals surface area contributed by atoms with Crippen molar-refractivity contribution in [2.45, 2.75) is 39.5 Å². The van der Waals surface area contributed by atoms with E-state index in [1.165, 1.54) is 0 Å². The van der Waals surface area contributed by atoms with E-state index in [1.807, 2.05) is 50.2 Å². The van der Waals surface area contributed by atoms with E-state index in [9.17, 15) is 9.59 Å². The molecule has 0 unspecified atom stereocenters. The molecule has 0 atom stereocenters. The molecule has 2 aromatic heterocycles. The van der Waals surface area contributed by atoms with E-state index in [1.54, 1.807) is 12.1 Å². The number of H-pyrrole nitrogens is 2. The van der Waals surface area contributed by atoms with Crippen LogP contribution in [0.2, 0.25) is 0 Å². The predicted octanol–water partition coefficient (Wildman–Crippen LogP) is 6.47. The number of benzene rings is 2. The Morgan fingerprint density at radius 3 is 1.44 bits per heavy atom. The molecule has 0 aliphatic heterocycles. The number of halogens is 2. The molecule has 192 valence electrons. The molecule has 0 radical (unpaired) electrons. The highest BCUT2D eigenvalue weighted by atomic mass is 35.5. The van der Waals surface area contributed by atoms with Gasteiger partial charge < -0.3 is 19.4 Å². The van der Waals surface area contributed by atoms with Crippen LogP contribution in [0.3, 0.4) is 0 Å². The maximum absolute atomic E-state index is 11.4. The molecule has 4 rings (SSSR count). The van der Waals surface area contributed by atoms with Crippen molar-refractivity contribution < 1.29 is 9.47 Å². The van der Waals surface area contributed by atoms with Crippen molar-refractivity contribution >= 4 is 45.0 Å². The van der Waals surface area contributed by atoms with Crippen molar-refractivity contribution in [1.82, 2.24) is 9.97 Å². The number of alkyl halides is 2. The molecular weight excluding hydrogens is 499 g/mol. The Morgan fingerprint density at radius 1 is 0.639 bits per heavy atom. The van der Waals surface area contributed by atoms with Crippen LogP contribution in [0.15, 0.2) is 58.1 Å². The number of aromatic amines is 2.